The summed E-state index contributed by atoms with van der Waals surface area (Å²) in [6.07, 6.45) is 4.16. The predicted octanol–water partition coefficient (Wildman–Crippen LogP) is -0.340. The lowest BCUT2D eigenvalue weighted by molar-refractivity contribution is -0.155. The van der Waals surface area contributed by atoms with Crippen LogP contribution < -0.4 is 10.9 Å². The predicted molar refractivity (Wildman–Crippen MR) is 77.5 cm³/mol. The second-order valence-corrected chi connectivity index (χ2v) is 5.12. The molecule has 128 valence electrons. The van der Waals surface area contributed by atoms with Crippen molar-refractivity contribution in [2.75, 3.05) is 6.54 Å². The molecule has 0 bridgehead atoms. The third kappa shape index (κ3) is 6.07. The highest BCUT2D eigenvalue weighted by Gasteiger charge is 2.30. The van der Waals surface area contributed by atoms with Crippen LogP contribution in [-0.2, 0) is 23.9 Å². The first kappa shape index (κ1) is 18.6. The standard InChI is InChI=1S/C14H21N3O6/c1-2-3-4-5-10(8-17(22)9-18)13(20)15-16-14(21)12-11(19)6-7-23-12/h6-7,9-10,12,22H,2-5,8H2,1H3,(H,15,20)(H,16,21)/t10-,12?/m1/s1. The molecule has 1 aliphatic heterocycles. The lowest BCUT2D eigenvalue weighted by Crippen LogP contribution is -2.51. The van der Waals surface area contributed by atoms with Crippen LogP contribution in [0.25, 0.3) is 0 Å². The van der Waals surface area contributed by atoms with Gasteiger partial charge in [0.2, 0.25) is 24.2 Å². The SMILES string of the molecule is CCCCC[C@H](CN(O)C=O)C(=O)NNC(=O)C1OC=CC1=O. The highest BCUT2D eigenvalue weighted by molar-refractivity contribution is 6.10. The van der Waals surface area contributed by atoms with E-state index in [1.165, 1.54) is 0 Å². The maximum Gasteiger partial charge on any atom is 0.287 e. The van der Waals surface area contributed by atoms with E-state index in [4.69, 9.17) is 4.74 Å². The Balaban J connectivity index is 2.49. The van der Waals surface area contributed by atoms with Gasteiger partial charge in [0.15, 0.2) is 0 Å². The van der Waals surface area contributed by atoms with E-state index in [9.17, 15) is 24.4 Å². The zero-order valence-electron chi connectivity index (χ0n) is 12.9. The smallest absolute Gasteiger partial charge is 0.287 e. The number of amides is 3. The summed E-state index contributed by atoms with van der Waals surface area (Å²) >= 11 is 0. The normalized spacial score (nSPS) is 17.3. The van der Waals surface area contributed by atoms with Crippen LogP contribution in [0.4, 0.5) is 0 Å². The number of hydroxylamine groups is 2. The summed E-state index contributed by atoms with van der Waals surface area (Å²) in [5.41, 5.74) is 4.29. The summed E-state index contributed by atoms with van der Waals surface area (Å²) in [6.45, 7) is 1.82. The summed E-state index contributed by atoms with van der Waals surface area (Å²) in [6, 6.07) is 0. The van der Waals surface area contributed by atoms with Gasteiger partial charge >= 0.3 is 0 Å². The Morgan fingerprint density at radius 1 is 1.43 bits per heavy atom. The average molecular weight is 327 g/mol. The highest BCUT2D eigenvalue weighted by atomic mass is 16.5. The van der Waals surface area contributed by atoms with Gasteiger partial charge in [-0.05, 0) is 6.42 Å². The fourth-order valence-corrected chi connectivity index (χ4v) is 2.04. The number of nitrogens with one attached hydrogen (secondary N) is 2. The van der Waals surface area contributed by atoms with Gasteiger partial charge < -0.3 is 4.74 Å². The molecule has 9 nitrogen and oxygen atoms in total. The molecule has 0 spiro atoms. The molecule has 1 aliphatic rings. The lowest BCUT2D eigenvalue weighted by atomic mass is 10.0. The molecule has 0 aromatic carbocycles. The molecule has 23 heavy (non-hydrogen) atoms. The number of rotatable bonds is 9. The van der Waals surface area contributed by atoms with Crippen LogP contribution in [0.15, 0.2) is 12.3 Å². The van der Waals surface area contributed by atoms with Crippen molar-refractivity contribution in [3.63, 3.8) is 0 Å². The Hall–Kier alpha value is -2.42. The van der Waals surface area contributed by atoms with Gasteiger partial charge in [0.25, 0.3) is 5.91 Å². The average Bonchev–Trinajstić information content (AvgIpc) is 2.97. The fraction of sp³-hybridized carbons (Fsp3) is 0.571. The van der Waals surface area contributed by atoms with Gasteiger partial charge in [-0.15, -0.1) is 0 Å². The van der Waals surface area contributed by atoms with E-state index in [1.54, 1.807) is 0 Å². The second kappa shape index (κ2) is 9.57. The summed E-state index contributed by atoms with van der Waals surface area (Å²) in [4.78, 5) is 45.5. The maximum absolute atomic E-state index is 12.1. The first-order valence-electron chi connectivity index (χ1n) is 7.36. The van der Waals surface area contributed by atoms with Gasteiger partial charge in [-0.3, -0.25) is 35.2 Å². The van der Waals surface area contributed by atoms with Crippen molar-refractivity contribution < 1.29 is 29.1 Å². The van der Waals surface area contributed by atoms with Crippen LogP contribution >= 0.6 is 0 Å². The van der Waals surface area contributed by atoms with Crippen molar-refractivity contribution in [1.29, 1.82) is 0 Å². The number of nitrogens with zero attached hydrogens (tertiary/aromatic N) is 1. The number of ketones is 1. The zero-order valence-corrected chi connectivity index (χ0v) is 12.9. The molecular weight excluding hydrogens is 306 g/mol. The van der Waals surface area contributed by atoms with Crippen LogP contribution in [-0.4, -0.2) is 46.9 Å². The molecule has 0 fully saturated rings. The van der Waals surface area contributed by atoms with Gasteiger partial charge in [-0.2, -0.15) is 0 Å². The summed E-state index contributed by atoms with van der Waals surface area (Å²) < 4.78 is 4.79. The van der Waals surface area contributed by atoms with E-state index in [0.29, 0.717) is 11.5 Å². The molecule has 9 heteroatoms. The number of hydrogen-bond acceptors (Lipinski definition) is 6. The van der Waals surface area contributed by atoms with Crippen molar-refractivity contribution in [2.45, 2.75) is 38.7 Å². The van der Waals surface area contributed by atoms with E-state index < -0.39 is 29.6 Å². The van der Waals surface area contributed by atoms with Gasteiger partial charge in [0.1, 0.15) is 0 Å². The quantitative estimate of drug-likeness (QED) is 0.175. The van der Waals surface area contributed by atoms with E-state index in [0.717, 1.165) is 31.6 Å². The van der Waals surface area contributed by atoms with Crippen LogP contribution in [0.2, 0.25) is 0 Å². The largest absolute Gasteiger partial charge is 0.480 e. The van der Waals surface area contributed by atoms with E-state index in [-0.39, 0.29) is 13.0 Å². The fourth-order valence-electron chi connectivity index (χ4n) is 2.04. The molecule has 0 aromatic rings. The van der Waals surface area contributed by atoms with Crippen molar-refractivity contribution in [1.82, 2.24) is 15.9 Å². The molecule has 0 aromatic heterocycles. The third-order valence-corrected chi connectivity index (χ3v) is 3.31. The molecule has 1 heterocycles. The Kier molecular flexibility index (Phi) is 7.75. The van der Waals surface area contributed by atoms with Gasteiger partial charge in [-0.25, -0.2) is 5.06 Å². The number of ether oxygens (including phenoxy) is 1. The molecule has 1 unspecified atom stereocenters. The number of hydrogen-bond donors (Lipinski definition) is 3. The number of hydrazine groups is 1. The van der Waals surface area contributed by atoms with E-state index >= 15 is 0 Å². The molecule has 3 amide bonds. The molecule has 1 rings (SSSR count). The molecule has 0 saturated carbocycles. The van der Waals surface area contributed by atoms with Crippen molar-refractivity contribution in [2.24, 2.45) is 5.92 Å². The van der Waals surface area contributed by atoms with Crippen LogP contribution in [0.3, 0.4) is 0 Å². The second-order valence-electron chi connectivity index (χ2n) is 5.12. The summed E-state index contributed by atoms with van der Waals surface area (Å²) in [7, 11) is 0. The third-order valence-electron chi connectivity index (χ3n) is 3.31. The monoisotopic (exact) mass is 327 g/mol. The Labute approximate surface area is 133 Å². The molecule has 0 saturated heterocycles. The van der Waals surface area contributed by atoms with Gasteiger partial charge in [0, 0.05) is 6.08 Å². The minimum absolute atomic E-state index is 0.185. The summed E-state index contributed by atoms with van der Waals surface area (Å²) in [5, 5.41) is 9.62. The van der Waals surface area contributed by atoms with Crippen molar-refractivity contribution in [3.8, 4) is 0 Å². The van der Waals surface area contributed by atoms with Crippen molar-refractivity contribution in [3.05, 3.63) is 12.3 Å². The van der Waals surface area contributed by atoms with Gasteiger partial charge in [0.05, 0.1) is 18.7 Å². The Bertz CT molecular complexity index is 479. The Morgan fingerprint density at radius 2 is 2.17 bits per heavy atom. The molecule has 0 aliphatic carbocycles. The van der Waals surface area contributed by atoms with E-state index in [1.807, 2.05) is 6.92 Å². The maximum atomic E-state index is 12.1. The van der Waals surface area contributed by atoms with E-state index in [2.05, 4.69) is 10.9 Å². The molecular formula is C14H21N3O6. The first-order chi connectivity index (χ1) is 11.0. The summed E-state index contributed by atoms with van der Waals surface area (Å²) in [5.74, 6) is -2.56. The number of unbranched alkanes of at least 4 members (excludes halogenated alkanes) is 2. The Morgan fingerprint density at radius 3 is 2.74 bits per heavy atom. The molecule has 0 radical (unpaired) electrons. The minimum Gasteiger partial charge on any atom is -0.480 e. The first-order valence-corrected chi connectivity index (χ1v) is 7.36. The minimum atomic E-state index is -1.31. The lowest BCUT2D eigenvalue weighted by Gasteiger charge is -2.20. The van der Waals surface area contributed by atoms with Crippen LogP contribution in [0.1, 0.15) is 32.6 Å². The molecule has 3 N–H and O–H groups in total. The van der Waals surface area contributed by atoms with Crippen LogP contribution in [0, 0.1) is 5.92 Å². The molecule has 2 atom stereocenters. The number of carbonyl (C=O) groups is 4. The topological polar surface area (TPSA) is 125 Å². The highest BCUT2D eigenvalue weighted by Crippen LogP contribution is 2.11. The van der Waals surface area contributed by atoms with Crippen molar-refractivity contribution >= 4 is 24.0 Å². The van der Waals surface area contributed by atoms with Gasteiger partial charge in [-0.1, -0.05) is 26.2 Å². The zero-order chi connectivity index (χ0) is 17.2. The number of carbonyl (C=O) groups excluding carboxylic acids is 4. The van der Waals surface area contributed by atoms with Crippen LogP contribution in [0.5, 0.6) is 0 Å².